The summed E-state index contributed by atoms with van der Waals surface area (Å²) in [5.74, 6) is 0.478. The Bertz CT molecular complexity index is 404. The van der Waals surface area contributed by atoms with E-state index in [1.54, 1.807) is 0 Å². The fourth-order valence-corrected chi connectivity index (χ4v) is 2.76. The molecule has 0 radical (unpaired) electrons. The lowest BCUT2D eigenvalue weighted by Crippen LogP contribution is -2.41. The van der Waals surface area contributed by atoms with Gasteiger partial charge in [-0.3, -0.25) is 4.79 Å². The first-order valence-electron chi connectivity index (χ1n) is 7.28. The van der Waals surface area contributed by atoms with Gasteiger partial charge in [-0.1, -0.05) is 30.3 Å². The molecule has 1 N–H and O–H groups in total. The monoisotopic (exact) mass is 260 g/mol. The number of hydrogen-bond acceptors (Lipinski definition) is 2. The highest BCUT2D eigenvalue weighted by atomic mass is 16.2. The number of likely N-dealkylation sites (N-methyl/N-ethyl adjacent to an activating group) is 1. The number of nitrogens with one attached hydrogen (secondary N) is 1. The first-order valence-corrected chi connectivity index (χ1v) is 7.28. The smallest absolute Gasteiger partial charge is 0.227 e. The molecule has 0 aliphatic carbocycles. The minimum absolute atomic E-state index is 0.163. The van der Waals surface area contributed by atoms with Crippen molar-refractivity contribution in [2.45, 2.75) is 32.7 Å². The molecule has 1 saturated heterocycles. The van der Waals surface area contributed by atoms with E-state index < -0.39 is 0 Å². The SMILES string of the molecule is CCN(CCc1ccccc1)C(=O)C1CCNC1C. The van der Waals surface area contributed by atoms with E-state index >= 15 is 0 Å². The Labute approximate surface area is 116 Å². The van der Waals surface area contributed by atoms with E-state index in [9.17, 15) is 4.79 Å². The number of carbonyl (C=O) groups is 1. The van der Waals surface area contributed by atoms with Crippen LogP contribution in [0.2, 0.25) is 0 Å². The van der Waals surface area contributed by atoms with Crippen LogP contribution in [0.25, 0.3) is 0 Å². The Kier molecular flexibility index (Phi) is 4.97. The number of benzene rings is 1. The number of carbonyl (C=O) groups excluding carboxylic acids is 1. The van der Waals surface area contributed by atoms with Gasteiger partial charge in [-0.2, -0.15) is 0 Å². The third kappa shape index (κ3) is 3.57. The fraction of sp³-hybridized carbons (Fsp3) is 0.562. The summed E-state index contributed by atoms with van der Waals surface area (Å²) in [5, 5.41) is 3.36. The Balaban J connectivity index is 1.91. The number of nitrogens with zero attached hydrogens (tertiary/aromatic N) is 1. The molecule has 3 nitrogen and oxygen atoms in total. The van der Waals surface area contributed by atoms with E-state index in [1.807, 2.05) is 11.0 Å². The lowest BCUT2D eigenvalue weighted by molar-refractivity contribution is -0.135. The predicted molar refractivity (Wildman–Crippen MR) is 78.0 cm³/mol. The fourth-order valence-electron chi connectivity index (χ4n) is 2.76. The summed E-state index contributed by atoms with van der Waals surface area (Å²) in [5.41, 5.74) is 1.30. The van der Waals surface area contributed by atoms with Gasteiger partial charge in [0, 0.05) is 19.1 Å². The van der Waals surface area contributed by atoms with E-state index in [4.69, 9.17) is 0 Å². The van der Waals surface area contributed by atoms with Crippen molar-refractivity contribution in [2.75, 3.05) is 19.6 Å². The first-order chi connectivity index (χ1) is 9.22. The van der Waals surface area contributed by atoms with Crippen molar-refractivity contribution in [1.29, 1.82) is 0 Å². The van der Waals surface area contributed by atoms with Crippen molar-refractivity contribution >= 4 is 5.91 Å². The molecule has 0 saturated carbocycles. The van der Waals surface area contributed by atoms with E-state index in [2.05, 4.69) is 43.4 Å². The van der Waals surface area contributed by atoms with Crippen LogP contribution in [0, 0.1) is 5.92 Å². The Morgan fingerprint density at radius 3 is 2.68 bits per heavy atom. The van der Waals surface area contributed by atoms with Crippen LogP contribution in [0.4, 0.5) is 0 Å². The van der Waals surface area contributed by atoms with Gasteiger partial charge in [-0.15, -0.1) is 0 Å². The summed E-state index contributed by atoms with van der Waals surface area (Å²) in [6, 6.07) is 10.7. The lowest BCUT2D eigenvalue weighted by atomic mass is 10.00. The van der Waals surface area contributed by atoms with Gasteiger partial charge in [-0.05, 0) is 38.8 Å². The average Bonchev–Trinajstić information content (AvgIpc) is 2.86. The molecule has 2 unspecified atom stereocenters. The Morgan fingerprint density at radius 1 is 1.37 bits per heavy atom. The van der Waals surface area contributed by atoms with Gasteiger partial charge < -0.3 is 10.2 Å². The Morgan fingerprint density at radius 2 is 2.11 bits per heavy atom. The lowest BCUT2D eigenvalue weighted by Gasteiger charge is -2.26. The third-order valence-electron chi connectivity index (χ3n) is 4.05. The van der Waals surface area contributed by atoms with Crippen LogP contribution in [-0.2, 0) is 11.2 Å². The van der Waals surface area contributed by atoms with Gasteiger partial charge in [0.15, 0.2) is 0 Å². The molecule has 2 rings (SSSR count). The minimum atomic E-state index is 0.163. The van der Waals surface area contributed by atoms with Crippen LogP contribution in [0.15, 0.2) is 30.3 Å². The van der Waals surface area contributed by atoms with Gasteiger partial charge in [0.2, 0.25) is 5.91 Å². The molecule has 1 aliphatic rings. The zero-order valence-electron chi connectivity index (χ0n) is 11.9. The molecule has 0 aromatic heterocycles. The standard InChI is InChI=1S/C16H24N2O/c1-3-18(12-10-14-7-5-4-6-8-14)16(19)15-9-11-17-13(15)2/h4-8,13,15,17H,3,9-12H2,1-2H3. The molecule has 1 aromatic rings. The van der Waals surface area contributed by atoms with Crippen molar-refractivity contribution in [2.24, 2.45) is 5.92 Å². The predicted octanol–water partition coefficient (Wildman–Crippen LogP) is 2.08. The normalized spacial score (nSPS) is 22.4. The number of rotatable bonds is 5. The maximum atomic E-state index is 12.5. The zero-order chi connectivity index (χ0) is 13.7. The molecule has 1 aliphatic heterocycles. The Hall–Kier alpha value is -1.35. The van der Waals surface area contributed by atoms with Crippen LogP contribution in [0.3, 0.4) is 0 Å². The molecule has 1 fully saturated rings. The van der Waals surface area contributed by atoms with Gasteiger partial charge in [0.1, 0.15) is 0 Å². The molecule has 1 amide bonds. The highest BCUT2D eigenvalue weighted by molar-refractivity contribution is 5.79. The minimum Gasteiger partial charge on any atom is -0.342 e. The van der Waals surface area contributed by atoms with Crippen LogP contribution in [-0.4, -0.2) is 36.5 Å². The maximum absolute atomic E-state index is 12.5. The summed E-state index contributed by atoms with van der Waals surface area (Å²) in [7, 11) is 0. The molecule has 0 spiro atoms. The van der Waals surface area contributed by atoms with Crippen molar-refractivity contribution < 1.29 is 4.79 Å². The van der Waals surface area contributed by atoms with E-state index in [-0.39, 0.29) is 5.92 Å². The molecular formula is C16H24N2O. The summed E-state index contributed by atoms with van der Waals surface area (Å²) >= 11 is 0. The highest BCUT2D eigenvalue weighted by Gasteiger charge is 2.31. The van der Waals surface area contributed by atoms with Crippen molar-refractivity contribution in [3.63, 3.8) is 0 Å². The molecule has 104 valence electrons. The van der Waals surface area contributed by atoms with Crippen LogP contribution in [0.5, 0.6) is 0 Å². The maximum Gasteiger partial charge on any atom is 0.227 e. The van der Waals surface area contributed by atoms with Gasteiger partial charge in [0.05, 0.1) is 5.92 Å². The second-order valence-electron chi connectivity index (χ2n) is 5.29. The summed E-state index contributed by atoms with van der Waals surface area (Å²) in [6.45, 7) is 6.77. The molecule has 0 bridgehead atoms. The van der Waals surface area contributed by atoms with Gasteiger partial charge >= 0.3 is 0 Å². The second-order valence-corrected chi connectivity index (χ2v) is 5.29. The second kappa shape index (κ2) is 6.71. The van der Waals surface area contributed by atoms with Gasteiger partial charge in [0.25, 0.3) is 0 Å². The van der Waals surface area contributed by atoms with Crippen LogP contribution >= 0.6 is 0 Å². The summed E-state index contributed by atoms with van der Waals surface area (Å²) in [4.78, 5) is 14.5. The van der Waals surface area contributed by atoms with Crippen LogP contribution < -0.4 is 5.32 Å². The molecule has 1 aromatic carbocycles. The largest absolute Gasteiger partial charge is 0.342 e. The van der Waals surface area contributed by atoms with E-state index in [0.29, 0.717) is 11.9 Å². The topological polar surface area (TPSA) is 32.3 Å². The van der Waals surface area contributed by atoms with Crippen LogP contribution in [0.1, 0.15) is 25.8 Å². The molecule has 1 heterocycles. The molecule has 3 heteroatoms. The molecular weight excluding hydrogens is 236 g/mol. The molecule has 2 atom stereocenters. The van der Waals surface area contributed by atoms with E-state index in [1.165, 1.54) is 5.56 Å². The quantitative estimate of drug-likeness (QED) is 0.879. The zero-order valence-corrected chi connectivity index (χ0v) is 11.9. The van der Waals surface area contributed by atoms with Crippen molar-refractivity contribution in [3.8, 4) is 0 Å². The number of hydrogen-bond donors (Lipinski definition) is 1. The summed E-state index contributed by atoms with van der Waals surface area (Å²) in [6.07, 6.45) is 1.91. The van der Waals surface area contributed by atoms with Crippen molar-refractivity contribution in [3.05, 3.63) is 35.9 Å². The highest BCUT2D eigenvalue weighted by Crippen LogP contribution is 2.18. The number of amides is 1. The molecule has 19 heavy (non-hydrogen) atoms. The first kappa shape index (κ1) is 14.1. The summed E-state index contributed by atoms with van der Waals surface area (Å²) < 4.78 is 0. The van der Waals surface area contributed by atoms with Crippen molar-refractivity contribution in [1.82, 2.24) is 10.2 Å². The van der Waals surface area contributed by atoms with Gasteiger partial charge in [-0.25, -0.2) is 0 Å². The average molecular weight is 260 g/mol. The van der Waals surface area contributed by atoms with E-state index in [0.717, 1.165) is 32.5 Å². The third-order valence-corrected chi connectivity index (χ3v) is 4.05.